The van der Waals surface area contributed by atoms with Gasteiger partial charge in [0.2, 0.25) is 0 Å². The molecule has 0 aliphatic carbocycles. The van der Waals surface area contributed by atoms with Crippen LogP contribution in [0, 0.1) is 0 Å². The molecule has 3 aromatic carbocycles. The summed E-state index contributed by atoms with van der Waals surface area (Å²) in [6.45, 7) is 6.48. The Kier molecular flexibility index (Phi) is 6.85. The predicted molar refractivity (Wildman–Crippen MR) is 109 cm³/mol. The molecule has 2 heteroatoms. The Labute approximate surface area is 156 Å². The van der Waals surface area contributed by atoms with Crippen LogP contribution in [0.3, 0.4) is 0 Å². The van der Waals surface area contributed by atoms with Gasteiger partial charge in [-0.15, -0.1) is 0 Å². The van der Waals surface area contributed by atoms with Crippen molar-refractivity contribution in [2.45, 2.75) is 39.0 Å². The van der Waals surface area contributed by atoms with Gasteiger partial charge < -0.3 is 10.2 Å². The topological polar surface area (TPSA) is 40.5 Å². The van der Waals surface area contributed by atoms with Gasteiger partial charge in [-0.1, -0.05) is 87.9 Å². The highest BCUT2D eigenvalue weighted by atomic mass is 16.3. The summed E-state index contributed by atoms with van der Waals surface area (Å²) in [5, 5.41) is 18.5. The summed E-state index contributed by atoms with van der Waals surface area (Å²) in [6, 6.07) is 25.3. The molecule has 0 atom stereocenters. The zero-order valence-electron chi connectivity index (χ0n) is 15.8. The van der Waals surface area contributed by atoms with Crippen LogP contribution in [0.4, 0.5) is 0 Å². The number of aromatic hydroxyl groups is 2. The normalized spacial score (nSPS) is 10.7. The van der Waals surface area contributed by atoms with Crippen LogP contribution in [0.5, 0.6) is 11.5 Å². The van der Waals surface area contributed by atoms with Crippen molar-refractivity contribution in [3.05, 3.63) is 95.6 Å². The Morgan fingerprint density at radius 3 is 1.81 bits per heavy atom. The van der Waals surface area contributed by atoms with Crippen molar-refractivity contribution in [1.82, 2.24) is 0 Å². The SMILES string of the molecule is CC(C)(c1ccccc1)c1ccc(O)cc1.CCCc1ccccc1O. The molecule has 2 nitrogen and oxygen atoms in total. The Morgan fingerprint density at radius 2 is 1.23 bits per heavy atom. The molecular weight excluding hydrogens is 320 g/mol. The zero-order valence-corrected chi connectivity index (χ0v) is 15.8. The molecule has 3 rings (SSSR count). The fourth-order valence-electron chi connectivity index (χ4n) is 2.89. The third-order valence-electron chi connectivity index (χ3n) is 4.60. The molecule has 0 aliphatic heterocycles. The predicted octanol–water partition coefficient (Wildman–Crippen LogP) is 6.06. The summed E-state index contributed by atoms with van der Waals surface area (Å²) in [5.41, 5.74) is 3.50. The van der Waals surface area contributed by atoms with E-state index < -0.39 is 0 Å². The van der Waals surface area contributed by atoms with E-state index in [9.17, 15) is 10.2 Å². The van der Waals surface area contributed by atoms with Crippen molar-refractivity contribution in [1.29, 1.82) is 0 Å². The molecule has 0 saturated carbocycles. The maximum absolute atomic E-state index is 9.29. The Bertz CT molecular complexity index is 790. The standard InChI is InChI=1S/C15H16O.C9H12O/c1-15(2,12-6-4-3-5-7-12)13-8-10-14(16)11-9-13;1-2-5-8-6-3-4-7-9(8)10/h3-11,16H,1-2H3;3-4,6-7,10H,2,5H2,1H3. The van der Waals surface area contributed by atoms with E-state index in [2.05, 4.69) is 45.0 Å². The van der Waals surface area contributed by atoms with E-state index in [0.29, 0.717) is 11.5 Å². The van der Waals surface area contributed by atoms with Gasteiger partial charge in [-0.05, 0) is 41.3 Å². The molecule has 0 aromatic heterocycles. The summed E-state index contributed by atoms with van der Waals surface area (Å²) < 4.78 is 0. The van der Waals surface area contributed by atoms with E-state index >= 15 is 0 Å². The third kappa shape index (κ3) is 5.13. The van der Waals surface area contributed by atoms with Crippen molar-refractivity contribution in [2.24, 2.45) is 0 Å². The molecular formula is C24H28O2. The molecule has 0 fully saturated rings. The highest BCUT2D eigenvalue weighted by Crippen LogP contribution is 2.31. The first-order valence-electron chi connectivity index (χ1n) is 9.07. The molecule has 0 radical (unpaired) electrons. The first-order chi connectivity index (χ1) is 12.4. The quantitative estimate of drug-likeness (QED) is 0.601. The van der Waals surface area contributed by atoms with Gasteiger partial charge in [0.25, 0.3) is 0 Å². The Hall–Kier alpha value is -2.74. The highest BCUT2D eigenvalue weighted by molar-refractivity contribution is 5.39. The first-order valence-corrected chi connectivity index (χ1v) is 9.07. The molecule has 0 spiro atoms. The number of phenols is 2. The van der Waals surface area contributed by atoms with Crippen molar-refractivity contribution >= 4 is 0 Å². The first kappa shape index (κ1) is 19.6. The van der Waals surface area contributed by atoms with Crippen LogP contribution in [-0.2, 0) is 11.8 Å². The van der Waals surface area contributed by atoms with Crippen LogP contribution in [0.1, 0.15) is 43.9 Å². The van der Waals surface area contributed by atoms with E-state index in [0.717, 1.165) is 18.4 Å². The lowest BCUT2D eigenvalue weighted by Gasteiger charge is -2.26. The maximum atomic E-state index is 9.29. The lowest BCUT2D eigenvalue weighted by molar-refractivity contribution is 0.467. The molecule has 0 aliphatic rings. The Balaban J connectivity index is 0.000000209. The fraction of sp³-hybridized carbons (Fsp3) is 0.250. The summed E-state index contributed by atoms with van der Waals surface area (Å²) in [4.78, 5) is 0. The van der Waals surface area contributed by atoms with Crippen LogP contribution in [0.15, 0.2) is 78.9 Å². The number of hydrogen-bond acceptors (Lipinski definition) is 2. The minimum absolute atomic E-state index is 0.0328. The van der Waals surface area contributed by atoms with Crippen molar-refractivity contribution in [3.8, 4) is 11.5 Å². The van der Waals surface area contributed by atoms with Crippen LogP contribution in [-0.4, -0.2) is 10.2 Å². The lowest BCUT2D eigenvalue weighted by atomic mass is 9.78. The molecule has 0 bridgehead atoms. The van der Waals surface area contributed by atoms with Gasteiger partial charge in [0, 0.05) is 5.41 Å². The fourth-order valence-corrected chi connectivity index (χ4v) is 2.89. The van der Waals surface area contributed by atoms with E-state index in [-0.39, 0.29) is 5.41 Å². The third-order valence-corrected chi connectivity index (χ3v) is 4.60. The molecule has 0 heterocycles. The molecule has 136 valence electrons. The molecule has 0 unspecified atom stereocenters. The molecule has 2 N–H and O–H groups in total. The minimum Gasteiger partial charge on any atom is -0.508 e. The van der Waals surface area contributed by atoms with Gasteiger partial charge in [-0.25, -0.2) is 0 Å². The van der Waals surface area contributed by atoms with Gasteiger partial charge in [-0.2, -0.15) is 0 Å². The number of benzene rings is 3. The number of hydrogen-bond donors (Lipinski definition) is 2. The van der Waals surface area contributed by atoms with E-state index in [4.69, 9.17) is 0 Å². The van der Waals surface area contributed by atoms with Gasteiger partial charge in [0.05, 0.1) is 0 Å². The van der Waals surface area contributed by atoms with Gasteiger partial charge in [0.1, 0.15) is 11.5 Å². The van der Waals surface area contributed by atoms with Gasteiger partial charge >= 0.3 is 0 Å². The largest absolute Gasteiger partial charge is 0.508 e. The van der Waals surface area contributed by atoms with Gasteiger partial charge in [0.15, 0.2) is 0 Å². The molecule has 3 aromatic rings. The Morgan fingerprint density at radius 1 is 0.692 bits per heavy atom. The van der Waals surface area contributed by atoms with E-state index in [1.54, 1.807) is 18.2 Å². The van der Waals surface area contributed by atoms with E-state index in [1.807, 2.05) is 36.4 Å². The zero-order chi connectivity index (χ0) is 19.0. The minimum atomic E-state index is -0.0328. The van der Waals surface area contributed by atoms with Crippen LogP contribution in [0.2, 0.25) is 0 Å². The number of phenolic OH excluding ortho intramolecular Hbond substituents is 2. The second kappa shape index (κ2) is 9.10. The second-order valence-corrected chi connectivity index (χ2v) is 6.92. The average molecular weight is 348 g/mol. The monoisotopic (exact) mass is 348 g/mol. The smallest absolute Gasteiger partial charge is 0.118 e. The van der Waals surface area contributed by atoms with Crippen LogP contribution in [0.25, 0.3) is 0 Å². The summed E-state index contributed by atoms with van der Waals surface area (Å²) in [6.07, 6.45) is 2.05. The van der Waals surface area contributed by atoms with Gasteiger partial charge in [-0.3, -0.25) is 0 Å². The van der Waals surface area contributed by atoms with E-state index in [1.165, 1.54) is 11.1 Å². The molecule has 0 saturated heterocycles. The molecule has 26 heavy (non-hydrogen) atoms. The van der Waals surface area contributed by atoms with Crippen LogP contribution < -0.4 is 0 Å². The molecule has 0 amide bonds. The lowest BCUT2D eigenvalue weighted by Crippen LogP contribution is -2.18. The van der Waals surface area contributed by atoms with Crippen LogP contribution >= 0.6 is 0 Å². The van der Waals surface area contributed by atoms with Crippen molar-refractivity contribution in [3.63, 3.8) is 0 Å². The number of rotatable bonds is 4. The summed E-state index contributed by atoms with van der Waals surface area (Å²) in [5.74, 6) is 0.733. The highest BCUT2D eigenvalue weighted by Gasteiger charge is 2.22. The van der Waals surface area contributed by atoms with Crippen molar-refractivity contribution < 1.29 is 10.2 Å². The maximum Gasteiger partial charge on any atom is 0.118 e. The average Bonchev–Trinajstić information content (AvgIpc) is 2.65. The number of aryl methyl sites for hydroxylation is 1. The van der Waals surface area contributed by atoms with Crippen molar-refractivity contribution in [2.75, 3.05) is 0 Å². The summed E-state index contributed by atoms with van der Waals surface area (Å²) >= 11 is 0. The summed E-state index contributed by atoms with van der Waals surface area (Å²) in [7, 11) is 0. The second-order valence-electron chi connectivity index (χ2n) is 6.92. The number of para-hydroxylation sites is 1.